The van der Waals surface area contributed by atoms with E-state index in [0.717, 1.165) is 0 Å². The first-order chi connectivity index (χ1) is 8.97. The molecule has 1 aromatic carbocycles. The van der Waals surface area contributed by atoms with Gasteiger partial charge in [0.05, 0.1) is 31.1 Å². The van der Waals surface area contributed by atoms with Crippen LogP contribution in [0, 0.1) is 0 Å². The van der Waals surface area contributed by atoms with Crippen molar-refractivity contribution in [1.29, 1.82) is 0 Å². The highest BCUT2D eigenvalue weighted by Gasteiger charge is 2.16. The second-order valence-corrected chi connectivity index (χ2v) is 4.57. The number of para-hydroxylation sites is 1. The molecular formula is C14H22N2O3. The van der Waals surface area contributed by atoms with Crippen LogP contribution in [-0.4, -0.2) is 44.2 Å². The summed E-state index contributed by atoms with van der Waals surface area (Å²) in [6.07, 6.45) is 0.158. The number of methoxy groups -OCH3 is 1. The molecule has 0 aliphatic rings. The first-order valence-electron chi connectivity index (χ1n) is 6.27. The molecule has 0 bridgehead atoms. The van der Waals surface area contributed by atoms with Crippen LogP contribution in [0.1, 0.15) is 24.2 Å². The minimum atomic E-state index is -0.135. The molecule has 0 saturated carbocycles. The van der Waals surface area contributed by atoms with E-state index >= 15 is 0 Å². The molecule has 19 heavy (non-hydrogen) atoms. The minimum Gasteiger partial charge on any atom is -0.495 e. The van der Waals surface area contributed by atoms with Crippen LogP contribution in [0.25, 0.3) is 0 Å². The number of benzene rings is 1. The second kappa shape index (κ2) is 6.99. The number of hydrogen-bond acceptors (Lipinski definition) is 4. The summed E-state index contributed by atoms with van der Waals surface area (Å²) in [4.78, 5) is 13.8. The fraction of sp³-hybridized carbons (Fsp3) is 0.500. The van der Waals surface area contributed by atoms with Gasteiger partial charge in [0.1, 0.15) is 5.75 Å². The predicted octanol–water partition coefficient (Wildman–Crippen LogP) is 1.77. The Morgan fingerprint density at radius 2 is 2.11 bits per heavy atom. The molecule has 5 nitrogen and oxygen atoms in total. The summed E-state index contributed by atoms with van der Waals surface area (Å²) >= 11 is 0. The summed E-state index contributed by atoms with van der Waals surface area (Å²) < 4.78 is 10.5. The van der Waals surface area contributed by atoms with E-state index in [-0.39, 0.29) is 12.0 Å². The van der Waals surface area contributed by atoms with Gasteiger partial charge in [0, 0.05) is 13.6 Å². The van der Waals surface area contributed by atoms with E-state index in [9.17, 15) is 4.79 Å². The van der Waals surface area contributed by atoms with E-state index in [1.165, 1.54) is 7.11 Å². The Labute approximate surface area is 114 Å². The molecule has 0 heterocycles. The summed E-state index contributed by atoms with van der Waals surface area (Å²) in [6.45, 7) is 4.95. The lowest BCUT2D eigenvalue weighted by Crippen LogP contribution is -2.31. The Bertz CT molecular complexity index is 433. The quantitative estimate of drug-likeness (QED) is 0.797. The topological polar surface area (TPSA) is 64.8 Å². The Morgan fingerprint density at radius 1 is 1.42 bits per heavy atom. The van der Waals surface area contributed by atoms with Gasteiger partial charge in [-0.1, -0.05) is 6.07 Å². The highest BCUT2D eigenvalue weighted by molar-refractivity contribution is 6.00. The van der Waals surface area contributed by atoms with E-state index in [2.05, 4.69) is 0 Å². The van der Waals surface area contributed by atoms with Crippen molar-refractivity contribution in [3.8, 4) is 5.75 Å². The van der Waals surface area contributed by atoms with E-state index in [1.807, 2.05) is 13.8 Å². The average Bonchev–Trinajstić information content (AvgIpc) is 2.37. The van der Waals surface area contributed by atoms with Gasteiger partial charge in [-0.3, -0.25) is 4.79 Å². The molecule has 5 heteroatoms. The van der Waals surface area contributed by atoms with Gasteiger partial charge in [-0.15, -0.1) is 0 Å². The van der Waals surface area contributed by atoms with Crippen molar-refractivity contribution in [2.24, 2.45) is 0 Å². The smallest absolute Gasteiger partial charge is 0.255 e. The Hall–Kier alpha value is -1.75. The first-order valence-corrected chi connectivity index (χ1v) is 6.27. The molecule has 1 rings (SSSR count). The maximum Gasteiger partial charge on any atom is 0.255 e. The van der Waals surface area contributed by atoms with Crippen LogP contribution in [0.4, 0.5) is 5.69 Å². The lowest BCUT2D eigenvalue weighted by atomic mass is 10.1. The number of likely N-dealkylation sites (N-methyl/N-ethyl adjacent to an activating group) is 1. The molecule has 2 N–H and O–H groups in total. The number of nitrogens with zero attached hydrogens (tertiary/aromatic N) is 1. The van der Waals surface area contributed by atoms with Crippen LogP contribution in [0.15, 0.2) is 18.2 Å². The van der Waals surface area contributed by atoms with E-state index < -0.39 is 0 Å². The van der Waals surface area contributed by atoms with E-state index in [1.54, 1.807) is 30.1 Å². The van der Waals surface area contributed by atoms with Gasteiger partial charge >= 0.3 is 0 Å². The number of rotatable bonds is 6. The molecule has 0 aromatic heterocycles. The minimum absolute atomic E-state index is 0.135. The van der Waals surface area contributed by atoms with Crippen molar-refractivity contribution >= 4 is 11.6 Å². The summed E-state index contributed by atoms with van der Waals surface area (Å²) in [5.41, 5.74) is 6.72. The number of hydrogen-bond donors (Lipinski definition) is 1. The maximum absolute atomic E-state index is 12.2. The Balaban J connectivity index is 2.71. The molecule has 0 saturated heterocycles. The molecule has 0 atom stereocenters. The summed E-state index contributed by atoms with van der Waals surface area (Å²) in [6, 6.07) is 5.18. The number of nitrogens with two attached hydrogens (primary N) is 1. The zero-order valence-corrected chi connectivity index (χ0v) is 12.0. The molecule has 0 radical (unpaired) electrons. The number of carbonyl (C=O) groups excluding carboxylic acids is 1. The number of carbonyl (C=O) groups is 1. The highest BCUT2D eigenvalue weighted by atomic mass is 16.5. The third kappa shape index (κ3) is 4.13. The third-order valence-corrected chi connectivity index (χ3v) is 2.74. The van der Waals surface area contributed by atoms with Gasteiger partial charge in [0.25, 0.3) is 5.91 Å². The van der Waals surface area contributed by atoms with Crippen LogP contribution in [0.2, 0.25) is 0 Å². The molecular weight excluding hydrogens is 244 g/mol. The zero-order valence-electron chi connectivity index (χ0n) is 12.0. The third-order valence-electron chi connectivity index (χ3n) is 2.74. The Morgan fingerprint density at radius 3 is 2.68 bits per heavy atom. The fourth-order valence-corrected chi connectivity index (χ4v) is 1.64. The molecule has 0 aliphatic carbocycles. The number of amides is 1. The summed E-state index contributed by atoms with van der Waals surface area (Å²) in [7, 11) is 3.26. The number of nitrogen functional groups attached to an aromatic ring is 1. The van der Waals surface area contributed by atoms with Gasteiger partial charge in [0.2, 0.25) is 0 Å². The van der Waals surface area contributed by atoms with Gasteiger partial charge in [-0.25, -0.2) is 0 Å². The Kier molecular flexibility index (Phi) is 5.63. The highest BCUT2D eigenvalue weighted by Crippen LogP contribution is 2.25. The van der Waals surface area contributed by atoms with Crippen LogP contribution in [0.5, 0.6) is 5.75 Å². The van der Waals surface area contributed by atoms with Crippen LogP contribution < -0.4 is 10.5 Å². The molecule has 0 spiro atoms. The van der Waals surface area contributed by atoms with Crippen LogP contribution in [-0.2, 0) is 4.74 Å². The lowest BCUT2D eigenvalue weighted by molar-refractivity contribution is 0.0532. The zero-order chi connectivity index (χ0) is 14.4. The van der Waals surface area contributed by atoms with Gasteiger partial charge in [-0.2, -0.15) is 0 Å². The van der Waals surface area contributed by atoms with Crippen molar-refractivity contribution in [1.82, 2.24) is 4.90 Å². The summed E-state index contributed by atoms with van der Waals surface area (Å²) in [5.74, 6) is 0.376. The SMILES string of the molecule is COc1cccc(C(=O)N(C)CCOC(C)C)c1N. The maximum atomic E-state index is 12.2. The number of ether oxygens (including phenoxy) is 2. The van der Waals surface area contributed by atoms with Crippen LogP contribution >= 0.6 is 0 Å². The fourth-order valence-electron chi connectivity index (χ4n) is 1.64. The van der Waals surface area contributed by atoms with Gasteiger partial charge < -0.3 is 20.1 Å². The van der Waals surface area contributed by atoms with E-state index in [0.29, 0.717) is 30.2 Å². The molecule has 0 unspecified atom stereocenters. The molecule has 0 aliphatic heterocycles. The van der Waals surface area contributed by atoms with E-state index in [4.69, 9.17) is 15.2 Å². The molecule has 1 aromatic rings. The standard InChI is InChI=1S/C14H22N2O3/c1-10(2)19-9-8-16(3)14(17)11-6-5-7-12(18-4)13(11)15/h5-7,10H,8-9,15H2,1-4H3. The van der Waals surface area contributed by atoms with Crippen molar-refractivity contribution in [2.75, 3.05) is 33.0 Å². The van der Waals surface area contributed by atoms with Crippen molar-refractivity contribution in [3.63, 3.8) is 0 Å². The molecule has 0 fully saturated rings. The molecule has 1 amide bonds. The summed E-state index contributed by atoms with van der Waals surface area (Å²) in [5, 5.41) is 0. The number of anilines is 1. The monoisotopic (exact) mass is 266 g/mol. The normalized spacial score (nSPS) is 10.6. The van der Waals surface area contributed by atoms with Crippen molar-refractivity contribution in [2.45, 2.75) is 20.0 Å². The average molecular weight is 266 g/mol. The van der Waals surface area contributed by atoms with Crippen LogP contribution in [0.3, 0.4) is 0 Å². The largest absolute Gasteiger partial charge is 0.495 e. The predicted molar refractivity (Wildman–Crippen MR) is 75.5 cm³/mol. The van der Waals surface area contributed by atoms with Crippen molar-refractivity contribution < 1.29 is 14.3 Å². The molecule has 106 valence electrons. The first kappa shape index (κ1) is 15.3. The second-order valence-electron chi connectivity index (χ2n) is 4.57. The van der Waals surface area contributed by atoms with Crippen molar-refractivity contribution in [3.05, 3.63) is 23.8 Å². The van der Waals surface area contributed by atoms with Gasteiger partial charge in [-0.05, 0) is 26.0 Å². The lowest BCUT2D eigenvalue weighted by Gasteiger charge is -2.19. The van der Waals surface area contributed by atoms with Gasteiger partial charge in [0.15, 0.2) is 0 Å².